The van der Waals surface area contributed by atoms with E-state index in [0.29, 0.717) is 18.4 Å². The van der Waals surface area contributed by atoms with Gasteiger partial charge in [-0.1, -0.05) is 24.3 Å². The van der Waals surface area contributed by atoms with Gasteiger partial charge in [0.2, 0.25) is 0 Å². The van der Waals surface area contributed by atoms with Crippen molar-refractivity contribution in [2.45, 2.75) is 12.8 Å². The first-order chi connectivity index (χ1) is 8.16. The van der Waals surface area contributed by atoms with Gasteiger partial charge in [-0.25, -0.2) is 8.78 Å². The van der Waals surface area contributed by atoms with Crippen LogP contribution in [0.1, 0.15) is 11.1 Å². The second-order valence-corrected chi connectivity index (χ2v) is 3.95. The van der Waals surface area contributed by atoms with E-state index in [1.54, 1.807) is 30.3 Å². The van der Waals surface area contributed by atoms with Gasteiger partial charge in [-0.05, 0) is 42.2 Å². The number of benzene rings is 2. The minimum absolute atomic E-state index is 0.135. The van der Waals surface area contributed by atoms with E-state index in [-0.39, 0.29) is 11.5 Å². The largest absolute Gasteiger partial charge is 0.396 e. The first-order valence-corrected chi connectivity index (χ1v) is 5.44. The molecule has 0 aliphatic carbocycles. The normalized spacial score (nSPS) is 10.5. The van der Waals surface area contributed by atoms with Gasteiger partial charge in [0.05, 0.1) is 5.69 Å². The molecular weight excluding hydrogens is 220 g/mol. The Labute approximate surface area is 98.9 Å². The van der Waals surface area contributed by atoms with Gasteiger partial charge >= 0.3 is 0 Å². The van der Waals surface area contributed by atoms with Gasteiger partial charge < -0.3 is 5.73 Å². The minimum atomic E-state index is -0.417. The van der Waals surface area contributed by atoms with Crippen molar-refractivity contribution in [3.05, 3.63) is 65.2 Å². The summed E-state index contributed by atoms with van der Waals surface area (Å²) in [5.74, 6) is -0.623. The van der Waals surface area contributed by atoms with Crippen molar-refractivity contribution < 1.29 is 8.78 Å². The van der Waals surface area contributed by atoms with E-state index in [1.807, 2.05) is 0 Å². The molecule has 0 aliphatic heterocycles. The highest BCUT2D eigenvalue weighted by Gasteiger charge is 2.03. The summed E-state index contributed by atoms with van der Waals surface area (Å²) in [6.07, 6.45) is 1.23. The maximum Gasteiger partial charge on any atom is 0.146 e. The van der Waals surface area contributed by atoms with Gasteiger partial charge in [0, 0.05) is 0 Å². The van der Waals surface area contributed by atoms with Crippen LogP contribution in [0.5, 0.6) is 0 Å². The third-order valence-electron chi connectivity index (χ3n) is 2.70. The van der Waals surface area contributed by atoms with E-state index >= 15 is 0 Å². The summed E-state index contributed by atoms with van der Waals surface area (Å²) < 4.78 is 26.3. The van der Waals surface area contributed by atoms with Crippen LogP contribution in [-0.2, 0) is 12.8 Å². The van der Waals surface area contributed by atoms with Crippen molar-refractivity contribution in [3.63, 3.8) is 0 Å². The van der Waals surface area contributed by atoms with Crippen LogP contribution in [-0.4, -0.2) is 0 Å². The molecule has 17 heavy (non-hydrogen) atoms. The Balaban J connectivity index is 2.08. The predicted octanol–water partition coefficient (Wildman–Crippen LogP) is 3.33. The molecule has 88 valence electrons. The summed E-state index contributed by atoms with van der Waals surface area (Å²) in [5.41, 5.74) is 7.18. The lowest BCUT2D eigenvalue weighted by Gasteiger charge is -2.05. The molecule has 0 bridgehead atoms. The van der Waals surface area contributed by atoms with Crippen molar-refractivity contribution in [3.8, 4) is 0 Å². The van der Waals surface area contributed by atoms with Crippen molar-refractivity contribution in [1.29, 1.82) is 0 Å². The van der Waals surface area contributed by atoms with Crippen LogP contribution >= 0.6 is 0 Å². The highest BCUT2D eigenvalue weighted by Crippen LogP contribution is 2.15. The second kappa shape index (κ2) is 4.95. The van der Waals surface area contributed by atoms with Crippen LogP contribution < -0.4 is 5.73 Å². The lowest BCUT2D eigenvalue weighted by atomic mass is 10.0. The Morgan fingerprint density at radius 1 is 0.882 bits per heavy atom. The monoisotopic (exact) mass is 233 g/mol. The smallest absolute Gasteiger partial charge is 0.146 e. The molecule has 0 saturated carbocycles. The lowest BCUT2D eigenvalue weighted by Crippen LogP contribution is -1.97. The Hall–Kier alpha value is -1.90. The fraction of sp³-hybridized carbons (Fsp3) is 0.143. The molecule has 2 aromatic carbocycles. The molecule has 0 aromatic heterocycles. The molecule has 2 rings (SSSR count). The van der Waals surface area contributed by atoms with Crippen LogP contribution in [0.25, 0.3) is 0 Å². The van der Waals surface area contributed by atoms with Crippen LogP contribution in [0.3, 0.4) is 0 Å². The zero-order valence-corrected chi connectivity index (χ0v) is 9.29. The number of nitrogen functional groups attached to an aromatic ring is 1. The molecule has 0 radical (unpaired) electrons. The third kappa shape index (κ3) is 2.81. The molecule has 0 atom stereocenters. The zero-order valence-electron chi connectivity index (χ0n) is 9.29. The molecule has 3 heteroatoms. The van der Waals surface area contributed by atoms with E-state index < -0.39 is 5.82 Å². The molecule has 2 aromatic rings. The Morgan fingerprint density at radius 2 is 1.65 bits per heavy atom. The number of halogens is 2. The van der Waals surface area contributed by atoms with Crippen LogP contribution in [0.4, 0.5) is 14.5 Å². The molecular formula is C14H13F2N. The highest BCUT2D eigenvalue weighted by molar-refractivity contribution is 5.42. The number of anilines is 1. The SMILES string of the molecule is Nc1cc(CCc2ccccc2F)ccc1F. The summed E-state index contributed by atoms with van der Waals surface area (Å²) in [6, 6.07) is 11.3. The van der Waals surface area contributed by atoms with Gasteiger partial charge in [0.1, 0.15) is 11.6 Å². The summed E-state index contributed by atoms with van der Waals surface area (Å²) >= 11 is 0. The van der Waals surface area contributed by atoms with Gasteiger partial charge in [-0.3, -0.25) is 0 Å². The highest BCUT2D eigenvalue weighted by atomic mass is 19.1. The van der Waals surface area contributed by atoms with Crippen molar-refractivity contribution in [1.82, 2.24) is 0 Å². The quantitative estimate of drug-likeness (QED) is 0.808. The average molecular weight is 233 g/mol. The number of hydrogen-bond acceptors (Lipinski definition) is 1. The van der Waals surface area contributed by atoms with E-state index in [2.05, 4.69) is 0 Å². The molecule has 0 heterocycles. The fourth-order valence-corrected chi connectivity index (χ4v) is 1.73. The van der Waals surface area contributed by atoms with Gasteiger partial charge in [-0.2, -0.15) is 0 Å². The first-order valence-electron chi connectivity index (χ1n) is 5.44. The number of nitrogens with two attached hydrogens (primary N) is 1. The summed E-state index contributed by atoms with van der Waals surface area (Å²) in [7, 11) is 0. The standard InChI is InChI=1S/C14H13F2N/c15-12-4-2-1-3-11(12)7-5-10-6-8-13(16)14(17)9-10/h1-4,6,8-9H,5,7,17H2. The summed E-state index contributed by atoms with van der Waals surface area (Å²) in [6.45, 7) is 0. The Kier molecular flexibility index (Phi) is 3.38. The molecule has 0 aliphatic rings. The van der Waals surface area contributed by atoms with Gasteiger partial charge in [0.25, 0.3) is 0 Å². The van der Waals surface area contributed by atoms with E-state index in [0.717, 1.165) is 5.56 Å². The molecule has 0 unspecified atom stereocenters. The first kappa shape index (κ1) is 11.6. The van der Waals surface area contributed by atoms with E-state index in [4.69, 9.17) is 5.73 Å². The third-order valence-corrected chi connectivity index (χ3v) is 2.70. The molecule has 0 saturated heterocycles. The summed E-state index contributed by atoms with van der Waals surface area (Å²) in [5, 5.41) is 0. The number of hydrogen-bond donors (Lipinski definition) is 1. The maximum absolute atomic E-state index is 13.4. The van der Waals surface area contributed by atoms with Crippen molar-refractivity contribution in [2.24, 2.45) is 0 Å². The minimum Gasteiger partial charge on any atom is -0.396 e. The predicted molar refractivity (Wildman–Crippen MR) is 64.6 cm³/mol. The lowest BCUT2D eigenvalue weighted by molar-refractivity contribution is 0.608. The van der Waals surface area contributed by atoms with Crippen molar-refractivity contribution >= 4 is 5.69 Å². The van der Waals surface area contributed by atoms with Crippen LogP contribution in [0.15, 0.2) is 42.5 Å². The molecule has 0 spiro atoms. The maximum atomic E-state index is 13.4. The zero-order chi connectivity index (χ0) is 12.3. The second-order valence-electron chi connectivity index (χ2n) is 3.95. The Morgan fingerprint density at radius 3 is 2.35 bits per heavy atom. The van der Waals surface area contributed by atoms with Crippen molar-refractivity contribution in [2.75, 3.05) is 5.73 Å². The molecule has 1 nitrogen and oxygen atoms in total. The van der Waals surface area contributed by atoms with E-state index in [1.165, 1.54) is 12.1 Å². The van der Waals surface area contributed by atoms with Crippen LogP contribution in [0, 0.1) is 11.6 Å². The average Bonchev–Trinajstić information content (AvgIpc) is 2.32. The van der Waals surface area contributed by atoms with Crippen LogP contribution in [0.2, 0.25) is 0 Å². The number of rotatable bonds is 3. The number of aryl methyl sites for hydroxylation is 2. The summed E-state index contributed by atoms with van der Waals surface area (Å²) in [4.78, 5) is 0. The van der Waals surface area contributed by atoms with Gasteiger partial charge in [0.15, 0.2) is 0 Å². The Bertz CT molecular complexity index is 523. The topological polar surface area (TPSA) is 26.0 Å². The van der Waals surface area contributed by atoms with E-state index in [9.17, 15) is 8.78 Å². The molecule has 0 amide bonds. The fourth-order valence-electron chi connectivity index (χ4n) is 1.73. The molecule has 2 N–H and O–H groups in total. The van der Waals surface area contributed by atoms with Gasteiger partial charge in [-0.15, -0.1) is 0 Å². The molecule has 0 fully saturated rings.